The molecule has 3 amide bonds. The van der Waals surface area contributed by atoms with Crippen molar-refractivity contribution in [1.82, 2.24) is 10.2 Å². The normalized spacial score (nSPS) is 17.5. The molecule has 0 bridgehead atoms. The molecule has 1 saturated heterocycles. The van der Waals surface area contributed by atoms with E-state index >= 15 is 0 Å². The van der Waals surface area contributed by atoms with Crippen LogP contribution in [0.2, 0.25) is 0 Å². The molecule has 1 aliphatic heterocycles. The highest BCUT2D eigenvalue weighted by atomic mass is 16.6. The second kappa shape index (κ2) is 8.35. The number of ether oxygens (including phenoxy) is 1. The summed E-state index contributed by atoms with van der Waals surface area (Å²) < 4.78 is 5.36. The van der Waals surface area contributed by atoms with Crippen molar-refractivity contribution in [2.45, 2.75) is 65.5 Å². The molecule has 0 saturated carbocycles. The Morgan fingerprint density at radius 3 is 2.17 bits per heavy atom. The third kappa shape index (κ3) is 6.76. The molecule has 0 spiro atoms. The minimum atomic E-state index is -0.639. The van der Waals surface area contributed by atoms with E-state index in [2.05, 4.69) is 5.32 Å². The number of hydrogen-bond acceptors (Lipinski definition) is 4. The second-order valence-corrected chi connectivity index (χ2v) is 7.81. The quantitative estimate of drug-likeness (QED) is 0.794. The Labute approximate surface area is 144 Å². The summed E-state index contributed by atoms with van der Waals surface area (Å²) in [6, 6.07) is -0.639. The molecule has 1 fully saturated rings. The molecule has 0 radical (unpaired) electrons. The van der Waals surface area contributed by atoms with E-state index in [0.717, 1.165) is 12.8 Å². The van der Waals surface area contributed by atoms with E-state index in [1.165, 1.54) is 0 Å². The van der Waals surface area contributed by atoms with E-state index in [9.17, 15) is 14.4 Å². The fourth-order valence-electron chi connectivity index (χ4n) is 2.71. The van der Waals surface area contributed by atoms with Crippen LogP contribution < -0.4 is 11.1 Å². The third-order valence-corrected chi connectivity index (χ3v) is 4.03. The number of nitrogens with one attached hydrogen (secondary N) is 1. The third-order valence-electron chi connectivity index (χ3n) is 4.03. The fourth-order valence-corrected chi connectivity index (χ4v) is 2.71. The SMILES string of the molecule is CC(C)C(NC(=O)CC1CCN(C(=O)OC(C)(C)C)CC1)C(N)=O. The molecule has 1 atom stereocenters. The lowest BCUT2D eigenvalue weighted by Gasteiger charge is -2.33. The van der Waals surface area contributed by atoms with Gasteiger partial charge in [-0.05, 0) is 45.4 Å². The number of carbonyl (C=O) groups is 3. The number of rotatable bonds is 5. The average Bonchev–Trinajstić information content (AvgIpc) is 2.43. The summed E-state index contributed by atoms with van der Waals surface area (Å²) in [6.07, 6.45) is 1.53. The van der Waals surface area contributed by atoms with Crippen LogP contribution in [0.15, 0.2) is 0 Å². The monoisotopic (exact) mass is 341 g/mol. The van der Waals surface area contributed by atoms with Crippen LogP contribution in [0.5, 0.6) is 0 Å². The second-order valence-electron chi connectivity index (χ2n) is 7.81. The largest absolute Gasteiger partial charge is 0.444 e. The van der Waals surface area contributed by atoms with Gasteiger partial charge in [0, 0.05) is 19.5 Å². The molecular weight excluding hydrogens is 310 g/mol. The summed E-state index contributed by atoms with van der Waals surface area (Å²) in [7, 11) is 0. The molecule has 0 aromatic heterocycles. The zero-order valence-corrected chi connectivity index (χ0v) is 15.4. The number of piperidine rings is 1. The number of amides is 3. The van der Waals surface area contributed by atoms with E-state index in [1.807, 2.05) is 34.6 Å². The molecule has 1 unspecified atom stereocenters. The lowest BCUT2D eigenvalue weighted by molar-refractivity contribution is -0.129. The molecule has 7 heteroatoms. The van der Waals surface area contributed by atoms with Crippen LogP contribution in [-0.4, -0.2) is 47.5 Å². The van der Waals surface area contributed by atoms with Gasteiger partial charge in [0.15, 0.2) is 0 Å². The number of nitrogens with two attached hydrogens (primary N) is 1. The number of likely N-dealkylation sites (tertiary alicyclic amines) is 1. The van der Waals surface area contributed by atoms with Crippen molar-refractivity contribution in [1.29, 1.82) is 0 Å². The molecule has 3 N–H and O–H groups in total. The molecule has 138 valence electrons. The van der Waals surface area contributed by atoms with Crippen LogP contribution >= 0.6 is 0 Å². The molecular formula is C17H31N3O4. The van der Waals surface area contributed by atoms with Gasteiger partial charge in [-0.3, -0.25) is 9.59 Å². The zero-order valence-electron chi connectivity index (χ0n) is 15.4. The number of hydrogen-bond donors (Lipinski definition) is 2. The van der Waals surface area contributed by atoms with Crippen LogP contribution in [0.3, 0.4) is 0 Å². The van der Waals surface area contributed by atoms with Gasteiger partial charge in [-0.15, -0.1) is 0 Å². The molecule has 1 rings (SSSR count). The molecule has 1 heterocycles. The number of carbonyl (C=O) groups excluding carboxylic acids is 3. The predicted molar refractivity (Wildman–Crippen MR) is 91.1 cm³/mol. The van der Waals surface area contributed by atoms with Gasteiger partial charge in [-0.1, -0.05) is 13.8 Å². The first-order chi connectivity index (χ1) is 11.0. The Hall–Kier alpha value is -1.79. The van der Waals surface area contributed by atoms with Crippen LogP contribution in [0.1, 0.15) is 53.9 Å². The minimum Gasteiger partial charge on any atom is -0.444 e. The van der Waals surface area contributed by atoms with Crippen molar-refractivity contribution in [2.75, 3.05) is 13.1 Å². The molecule has 1 aliphatic rings. The summed E-state index contributed by atoms with van der Waals surface area (Å²) in [6.45, 7) is 10.4. The maximum Gasteiger partial charge on any atom is 0.410 e. The van der Waals surface area contributed by atoms with E-state index in [0.29, 0.717) is 19.5 Å². The summed E-state index contributed by atoms with van der Waals surface area (Å²) in [4.78, 5) is 37.2. The molecule has 0 aromatic rings. The highest BCUT2D eigenvalue weighted by Crippen LogP contribution is 2.22. The maximum atomic E-state index is 12.1. The van der Waals surface area contributed by atoms with Gasteiger partial charge in [0.2, 0.25) is 11.8 Å². The van der Waals surface area contributed by atoms with Crippen LogP contribution in [0.4, 0.5) is 4.79 Å². The first kappa shape index (κ1) is 20.3. The van der Waals surface area contributed by atoms with Crippen molar-refractivity contribution in [3.8, 4) is 0 Å². The zero-order chi connectivity index (χ0) is 18.5. The first-order valence-corrected chi connectivity index (χ1v) is 8.56. The standard InChI is InChI=1S/C17H31N3O4/c1-11(2)14(15(18)22)19-13(21)10-12-6-8-20(9-7-12)16(23)24-17(3,4)5/h11-12,14H,6-10H2,1-5H3,(H2,18,22)(H,19,21). The highest BCUT2D eigenvalue weighted by molar-refractivity contribution is 5.86. The summed E-state index contributed by atoms with van der Waals surface area (Å²) in [5, 5.41) is 2.71. The van der Waals surface area contributed by atoms with Crippen molar-refractivity contribution in [2.24, 2.45) is 17.6 Å². The Bertz CT molecular complexity index is 463. The Morgan fingerprint density at radius 2 is 1.75 bits per heavy atom. The highest BCUT2D eigenvalue weighted by Gasteiger charge is 2.29. The van der Waals surface area contributed by atoms with E-state index < -0.39 is 17.6 Å². The topological polar surface area (TPSA) is 102 Å². The van der Waals surface area contributed by atoms with Crippen molar-refractivity contribution in [3.63, 3.8) is 0 Å². The van der Waals surface area contributed by atoms with Gasteiger partial charge in [0.25, 0.3) is 0 Å². The molecule has 0 aromatic carbocycles. The maximum absolute atomic E-state index is 12.1. The summed E-state index contributed by atoms with van der Waals surface area (Å²) in [5.74, 6) is -0.522. The van der Waals surface area contributed by atoms with Gasteiger partial charge in [-0.2, -0.15) is 0 Å². The van der Waals surface area contributed by atoms with Crippen molar-refractivity contribution >= 4 is 17.9 Å². The Morgan fingerprint density at radius 1 is 1.21 bits per heavy atom. The Kier molecular flexibility index (Phi) is 7.05. The van der Waals surface area contributed by atoms with E-state index in [-0.39, 0.29) is 23.8 Å². The van der Waals surface area contributed by atoms with Crippen molar-refractivity contribution in [3.05, 3.63) is 0 Å². The van der Waals surface area contributed by atoms with Crippen LogP contribution in [0, 0.1) is 11.8 Å². The van der Waals surface area contributed by atoms with Gasteiger partial charge in [-0.25, -0.2) is 4.79 Å². The summed E-state index contributed by atoms with van der Waals surface area (Å²) in [5.41, 5.74) is 4.80. The lowest BCUT2D eigenvalue weighted by Crippen LogP contribution is -2.48. The molecule has 24 heavy (non-hydrogen) atoms. The van der Waals surface area contributed by atoms with Crippen LogP contribution in [0.25, 0.3) is 0 Å². The summed E-state index contributed by atoms with van der Waals surface area (Å²) >= 11 is 0. The first-order valence-electron chi connectivity index (χ1n) is 8.56. The van der Waals surface area contributed by atoms with Crippen LogP contribution in [-0.2, 0) is 14.3 Å². The van der Waals surface area contributed by atoms with Gasteiger partial charge >= 0.3 is 6.09 Å². The predicted octanol–water partition coefficient (Wildman–Crippen LogP) is 1.65. The van der Waals surface area contributed by atoms with E-state index in [1.54, 1.807) is 4.90 Å². The Balaban J connectivity index is 2.42. The fraction of sp³-hybridized carbons (Fsp3) is 0.824. The van der Waals surface area contributed by atoms with Gasteiger partial charge < -0.3 is 20.7 Å². The smallest absolute Gasteiger partial charge is 0.410 e. The average molecular weight is 341 g/mol. The number of primary amides is 1. The van der Waals surface area contributed by atoms with E-state index in [4.69, 9.17) is 10.5 Å². The molecule has 7 nitrogen and oxygen atoms in total. The van der Waals surface area contributed by atoms with Crippen molar-refractivity contribution < 1.29 is 19.1 Å². The minimum absolute atomic E-state index is 0.0412. The van der Waals surface area contributed by atoms with Gasteiger partial charge in [0.1, 0.15) is 11.6 Å². The van der Waals surface area contributed by atoms with Gasteiger partial charge in [0.05, 0.1) is 0 Å². The molecule has 0 aliphatic carbocycles. The number of nitrogens with zero attached hydrogens (tertiary/aromatic N) is 1. The lowest BCUT2D eigenvalue weighted by atomic mass is 9.93.